The van der Waals surface area contributed by atoms with Gasteiger partial charge in [-0.05, 0) is 48.5 Å². The van der Waals surface area contributed by atoms with Gasteiger partial charge in [0.2, 0.25) is 17.7 Å². The van der Waals surface area contributed by atoms with Gasteiger partial charge in [0.05, 0.1) is 12.4 Å². The number of benzene rings is 1. The minimum atomic E-state index is -1.16. The summed E-state index contributed by atoms with van der Waals surface area (Å²) in [4.78, 5) is 57.6. The molecule has 2 aromatic rings. The number of aromatic amines is 1. The average Bonchev–Trinajstić information content (AvgIpc) is 3.38. The van der Waals surface area contributed by atoms with Gasteiger partial charge in [0.15, 0.2) is 0 Å². The molecule has 4 atom stereocenters. The first kappa shape index (κ1) is 30.6. The monoisotopic (exact) mass is 548 g/mol. The fourth-order valence-corrected chi connectivity index (χ4v) is 4.10. The molecule has 0 fully saturated rings. The number of nitrogens with one attached hydrogen (secondary N) is 4. The Morgan fingerprint density at radius 3 is 2.21 bits per heavy atom. The number of thioether (sulfide) groups is 1. The van der Waals surface area contributed by atoms with Crippen LogP contribution in [0.25, 0.3) is 0 Å². The third kappa shape index (κ3) is 9.71. The Balaban J connectivity index is 2.14. The van der Waals surface area contributed by atoms with Crippen molar-refractivity contribution in [1.29, 1.82) is 0 Å². The van der Waals surface area contributed by atoms with Crippen molar-refractivity contribution in [2.75, 3.05) is 12.0 Å². The molecule has 0 spiro atoms. The number of imidazole rings is 1. The second-order valence-electron chi connectivity index (χ2n) is 9.23. The van der Waals surface area contributed by atoms with Crippen molar-refractivity contribution in [2.45, 2.75) is 57.3 Å². The second-order valence-corrected chi connectivity index (χ2v) is 10.2. The summed E-state index contributed by atoms with van der Waals surface area (Å²) in [7, 11) is 0. The Labute approximate surface area is 225 Å². The number of carboxylic acid groups (broad SMARTS) is 1. The van der Waals surface area contributed by atoms with E-state index >= 15 is 0 Å². The molecule has 1 aromatic heterocycles. The van der Waals surface area contributed by atoms with Gasteiger partial charge in [-0.3, -0.25) is 14.4 Å². The smallest absolute Gasteiger partial charge is 0.326 e. The summed E-state index contributed by atoms with van der Waals surface area (Å²) in [5.41, 5.74) is 7.38. The minimum Gasteiger partial charge on any atom is -0.508 e. The maximum absolute atomic E-state index is 13.3. The van der Waals surface area contributed by atoms with Crippen LogP contribution in [0.1, 0.15) is 31.5 Å². The summed E-state index contributed by atoms with van der Waals surface area (Å²) in [5, 5.41) is 26.7. The molecule has 2 rings (SSSR count). The number of nitrogens with zero attached hydrogens (tertiary/aromatic N) is 1. The van der Waals surface area contributed by atoms with E-state index in [9.17, 15) is 29.4 Å². The summed E-state index contributed by atoms with van der Waals surface area (Å²) in [5.74, 6) is -2.73. The number of phenols is 1. The molecular formula is C25H36N6O6S. The van der Waals surface area contributed by atoms with Crippen LogP contribution in [0.5, 0.6) is 5.75 Å². The summed E-state index contributed by atoms with van der Waals surface area (Å²) in [6, 6.07) is 2.07. The van der Waals surface area contributed by atoms with Crippen molar-refractivity contribution in [2.24, 2.45) is 11.7 Å². The lowest BCUT2D eigenvalue weighted by Gasteiger charge is -2.27. The number of rotatable bonds is 15. The van der Waals surface area contributed by atoms with E-state index in [0.29, 0.717) is 11.4 Å². The van der Waals surface area contributed by atoms with Crippen molar-refractivity contribution < 1.29 is 29.4 Å². The van der Waals surface area contributed by atoms with Crippen LogP contribution in [0.15, 0.2) is 36.8 Å². The first-order valence-corrected chi connectivity index (χ1v) is 13.5. The van der Waals surface area contributed by atoms with E-state index in [4.69, 9.17) is 5.73 Å². The number of H-pyrrole nitrogens is 1. The highest BCUT2D eigenvalue weighted by atomic mass is 32.2. The Kier molecular flexibility index (Phi) is 12.1. The SMILES string of the molecule is CSCCC(NC(=O)C(NC(=O)C(Cc1cnc[nH]1)NC(=O)C(N)Cc1ccc(O)cc1)C(C)C)C(=O)O. The third-order valence-corrected chi connectivity index (χ3v) is 6.46. The highest BCUT2D eigenvalue weighted by molar-refractivity contribution is 7.98. The molecule has 0 saturated heterocycles. The summed E-state index contributed by atoms with van der Waals surface area (Å²) >= 11 is 1.46. The van der Waals surface area contributed by atoms with Gasteiger partial charge in [0, 0.05) is 18.3 Å². The Morgan fingerprint density at radius 2 is 1.66 bits per heavy atom. The average molecular weight is 549 g/mol. The van der Waals surface area contributed by atoms with Crippen molar-refractivity contribution in [3.8, 4) is 5.75 Å². The van der Waals surface area contributed by atoms with Crippen LogP contribution in [0.2, 0.25) is 0 Å². The van der Waals surface area contributed by atoms with Gasteiger partial charge >= 0.3 is 5.97 Å². The molecule has 0 saturated carbocycles. The van der Waals surface area contributed by atoms with E-state index in [-0.39, 0.29) is 30.9 Å². The van der Waals surface area contributed by atoms with Crippen molar-refractivity contribution in [1.82, 2.24) is 25.9 Å². The van der Waals surface area contributed by atoms with Crippen molar-refractivity contribution in [3.05, 3.63) is 48.0 Å². The van der Waals surface area contributed by atoms with Crippen LogP contribution in [0, 0.1) is 5.92 Å². The van der Waals surface area contributed by atoms with Gasteiger partial charge in [-0.25, -0.2) is 9.78 Å². The van der Waals surface area contributed by atoms with Crippen LogP contribution in [-0.4, -0.2) is 80.0 Å². The zero-order valence-electron chi connectivity index (χ0n) is 21.6. The zero-order chi connectivity index (χ0) is 28.2. The molecule has 0 aliphatic carbocycles. The second kappa shape index (κ2) is 15.0. The Morgan fingerprint density at radius 1 is 1.00 bits per heavy atom. The normalized spacial score (nSPS) is 14.2. The van der Waals surface area contributed by atoms with Crippen LogP contribution < -0.4 is 21.7 Å². The van der Waals surface area contributed by atoms with Gasteiger partial charge in [0.25, 0.3) is 0 Å². The molecule has 13 heteroatoms. The number of carbonyl (C=O) groups is 4. The largest absolute Gasteiger partial charge is 0.508 e. The van der Waals surface area contributed by atoms with Crippen LogP contribution >= 0.6 is 11.8 Å². The number of phenolic OH excluding ortho intramolecular Hbond substituents is 1. The number of aromatic hydroxyl groups is 1. The van der Waals surface area contributed by atoms with E-state index in [1.165, 1.54) is 36.4 Å². The summed E-state index contributed by atoms with van der Waals surface area (Å²) < 4.78 is 0. The first-order chi connectivity index (χ1) is 18.0. The number of hydrogen-bond donors (Lipinski definition) is 7. The van der Waals surface area contributed by atoms with Gasteiger partial charge in [-0.15, -0.1) is 0 Å². The van der Waals surface area contributed by atoms with Gasteiger partial charge in [-0.2, -0.15) is 11.8 Å². The molecule has 208 valence electrons. The van der Waals surface area contributed by atoms with Crippen molar-refractivity contribution >= 4 is 35.5 Å². The molecule has 3 amide bonds. The standard InChI is InChI=1S/C25H36N6O6S/c1-14(2)21(24(35)29-19(25(36)37)8-9-38-3)31-23(34)20(11-16-12-27-13-28-16)30-22(33)18(26)10-15-4-6-17(32)7-5-15/h4-7,12-14,18-21,32H,8-11,26H2,1-3H3,(H,27,28)(H,29,35)(H,30,33)(H,31,34)(H,36,37). The fourth-order valence-electron chi connectivity index (χ4n) is 3.63. The number of carboxylic acids is 1. The van der Waals surface area contributed by atoms with E-state index in [0.717, 1.165) is 5.56 Å². The Bertz CT molecular complexity index is 1060. The lowest BCUT2D eigenvalue weighted by atomic mass is 10.0. The van der Waals surface area contributed by atoms with Gasteiger partial charge in [-0.1, -0.05) is 26.0 Å². The third-order valence-electron chi connectivity index (χ3n) is 5.81. The minimum absolute atomic E-state index is 0.0570. The van der Waals surface area contributed by atoms with E-state index in [1.54, 1.807) is 26.0 Å². The quantitative estimate of drug-likeness (QED) is 0.162. The predicted octanol–water partition coefficient (Wildman–Crippen LogP) is 0.176. The Hall–Kier alpha value is -3.58. The number of aromatic nitrogens is 2. The van der Waals surface area contributed by atoms with E-state index in [2.05, 4.69) is 25.9 Å². The van der Waals surface area contributed by atoms with Crippen molar-refractivity contribution in [3.63, 3.8) is 0 Å². The molecule has 8 N–H and O–H groups in total. The molecule has 0 radical (unpaired) electrons. The summed E-state index contributed by atoms with van der Waals surface area (Å²) in [6.07, 6.45) is 5.25. The lowest BCUT2D eigenvalue weighted by Crippen LogP contribution is -2.59. The van der Waals surface area contributed by atoms with E-state index < -0.39 is 47.9 Å². The van der Waals surface area contributed by atoms with Gasteiger partial charge in [0.1, 0.15) is 23.9 Å². The van der Waals surface area contributed by atoms with Crippen LogP contribution in [0.4, 0.5) is 0 Å². The van der Waals surface area contributed by atoms with Crippen LogP contribution in [0.3, 0.4) is 0 Å². The number of aliphatic carboxylic acids is 1. The fraction of sp³-hybridized carbons (Fsp3) is 0.480. The predicted molar refractivity (Wildman–Crippen MR) is 143 cm³/mol. The van der Waals surface area contributed by atoms with Gasteiger partial charge < -0.3 is 36.9 Å². The summed E-state index contributed by atoms with van der Waals surface area (Å²) in [6.45, 7) is 3.44. The lowest BCUT2D eigenvalue weighted by molar-refractivity contribution is -0.142. The molecule has 0 aliphatic heterocycles. The highest BCUT2D eigenvalue weighted by Gasteiger charge is 2.32. The van der Waals surface area contributed by atoms with Crippen LogP contribution in [-0.2, 0) is 32.0 Å². The number of carbonyl (C=O) groups excluding carboxylic acids is 3. The molecule has 1 aromatic carbocycles. The molecular weight excluding hydrogens is 512 g/mol. The number of nitrogens with two attached hydrogens (primary N) is 1. The zero-order valence-corrected chi connectivity index (χ0v) is 22.5. The molecule has 1 heterocycles. The number of amides is 3. The molecule has 0 bridgehead atoms. The van der Waals surface area contributed by atoms with E-state index in [1.807, 2.05) is 6.26 Å². The molecule has 38 heavy (non-hydrogen) atoms. The number of hydrogen-bond acceptors (Lipinski definition) is 8. The molecule has 4 unspecified atom stereocenters. The maximum Gasteiger partial charge on any atom is 0.326 e. The topological polar surface area (TPSA) is 200 Å². The molecule has 0 aliphatic rings. The highest BCUT2D eigenvalue weighted by Crippen LogP contribution is 2.12. The molecule has 12 nitrogen and oxygen atoms in total. The first-order valence-electron chi connectivity index (χ1n) is 12.1. The maximum atomic E-state index is 13.3.